The summed E-state index contributed by atoms with van der Waals surface area (Å²) in [6.45, 7) is 3.96. The van der Waals surface area contributed by atoms with E-state index in [1.54, 1.807) is 55.6 Å². The van der Waals surface area contributed by atoms with Gasteiger partial charge in [-0.2, -0.15) is 0 Å². The van der Waals surface area contributed by atoms with Crippen molar-refractivity contribution in [1.29, 1.82) is 0 Å². The number of rotatable bonds is 6. The molecule has 0 aliphatic heterocycles. The molecule has 0 spiro atoms. The van der Waals surface area contributed by atoms with Crippen LogP contribution in [0.4, 0.5) is 5.69 Å². The van der Waals surface area contributed by atoms with Gasteiger partial charge in [0.05, 0.1) is 22.8 Å². The van der Waals surface area contributed by atoms with E-state index in [4.69, 9.17) is 0 Å². The molecule has 0 saturated heterocycles. The molecule has 3 rings (SSSR count). The maximum Gasteiger partial charge on any atom is 0.261 e. The molecule has 28 heavy (non-hydrogen) atoms. The van der Waals surface area contributed by atoms with E-state index in [2.05, 4.69) is 15.0 Å². The van der Waals surface area contributed by atoms with Gasteiger partial charge in [-0.25, -0.2) is 8.42 Å². The van der Waals surface area contributed by atoms with E-state index in [0.29, 0.717) is 11.3 Å². The first-order chi connectivity index (χ1) is 13.3. The predicted molar refractivity (Wildman–Crippen MR) is 109 cm³/mol. The van der Waals surface area contributed by atoms with E-state index in [1.165, 1.54) is 6.07 Å². The summed E-state index contributed by atoms with van der Waals surface area (Å²) < 4.78 is 27.8. The van der Waals surface area contributed by atoms with Crippen LogP contribution in [0.2, 0.25) is 0 Å². The minimum Gasteiger partial charge on any atom is -0.346 e. The molecule has 1 amide bonds. The van der Waals surface area contributed by atoms with E-state index in [1.807, 2.05) is 19.1 Å². The van der Waals surface area contributed by atoms with Gasteiger partial charge in [-0.05, 0) is 55.8 Å². The Kier molecular flexibility index (Phi) is 5.75. The van der Waals surface area contributed by atoms with Crippen LogP contribution in [-0.4, -0.2) is 19.3 Å². The first kappa shape index (κ1) is 19.6. The van der Waals surface area contributed by atoms with Crippen LogP contribution in [0.25, 0.3) is 0 Å². The van der Waals surface area contributed by atoms with Crippen molar-refractivity contribution in [3.63, 3.8) is 0 Å². The fourth-order valence-electron chi connectivity index (χ4n) is 2.57. The number of benzene rings is 2. The lowest BCUT2D eigenvalue weighted by Gasteiger charge is -2.13. The van der Waals surface area contributed by atoms with Crippen molar-refractivity contribution < 1.29 is 13.2 Å². The summed E-state index contributed by atoms with van der Waals surface area (Å²) in [4.78, 5) is 16.8. The van der Waals surface area contributed by atoms with Gasteiger partial charge in [0.2, 0.25) is 0 Å². The highest BCUT2D eigenvalue weighted by Crippen LogP contribution is 2.21. The quantitative estimate of drug-likeness (QED) is 0.669. The molecule has 7 heteroatoms. The zero-order valence-electron chi connectivity index (χ0n) is 15.6. The number of hydrogen-bond donors (Lipinski definition) is 2. The molecule has 1 heterocycles. The number of pyridine rings is 1. The van der Waals surface area contributed by atoms with Crippen LogP contribution in [-0.2, 0) is 16.6 Å². The van der Waals surface area contributed by atoms with Crippen LogP contribution < -0.4 is 10.0 Å². The Hall–Kier alpha value is -3.19. The Morgan fingerprint density at radius 2 is 1.75 bits per heavy atom. The fraction of sp³-hybridized carbons (Fsp3) is 0.143. The number of sulfonamides is 1. The minimum absolute atomic E-state index is 0.169. The Labute approximate surface area is 164 Å². The smallest absolute Gasteiger partial charge is 0.261 e. The number of amides is 1. The molecule has 2 N–H and O–H groups in total. The summed E-state index contributed by atoms with van der Waals surface area (Å²) in [6.07, 6.45) is 1.66. The van der Waals surface area contributed by atoms with Crippen LogP contribution in [0.1, 0.15) is 27.2 Å². The van der Waals surface area contributed by atoms with Crippen LogP contribution in [0.15, 0.2) is 71.8 Å². The topological polar surface area (TPSA) is 88.2 Å². The number of aryl methyl sites for hydroxylation is 2. The number of nitrogens with zero attached hydrogens (tertiary/aromatic N) is 1. The minimum atomic E-state index is -3.74. The lowest BCUT2D eigenvalue weighted by molar-refractivity contribution is 0.0950. The predicted octanol–water partition coefficient (Wildman–Crippen LogP) is 3.43. The highest BCUT2D eigenvalue weighted by atomic mass is 32.2. The molecule has 0 aliphatic rings. The standard InChI is InChI=1S/C21H21N3O3S/c1-15-6-10-19(11-7-15)28(26,27)24-20-13-17(9-8-16(20)2)21(25)23-14-18-5-3-4-12-22-18/h3-13,24H,14H2,1-2H3,(H,23,25). The number of anilines is 1. The molecule has 0 fully saturated rings. The Morgan fingerprint density at radius 3 is 2.43 bits per heavy atom. The van der Waals surface area contributed by atoms with E-state index >= 15 is 0 Å². The molecule has 0 radical (unpaired) electrons. The van der Waals surface area contributed by atoms with Gasteiger partial charge in [-0.3, -0.25) is 14.5 Å². The van der Waals surface area contributed by atoms with Gasteiger partial charge < -0.3 is 5.32 Å². The molecule has 144 valence electrons. The van der Waals surface area contributed by atoms with Gasteiger partial charge in [0, 0.05) is 11.8 Å². The van der Waals surface area contributed by atoms with E-state index in [9.17, 15) is 13.2 Å². The van der Waals surface area contributed by atoms with Crippen molar-refractivity contribution in [2.75, 3.05) is 4.72 Å². The zero-order chi connectivity index (χ0) is 20.1. The van der Waals surface area contributed by atoms with Gasteiger partial charge in [-0.1, -0.05) is 29.8 Å². The number of carbonyl (C=O) groups excluding carboxylic acids is 1. The average molecular weight is 395 g/mol. The average Bonchev–Trinajstić information content (AvgIpc) is 2.69. The van der Waals surface area contributed by atoms with Crippen LogP contribution in [0.3, 0.4) is 0 Å². The summed E-state index contributed by atoms with van der Waals surface area (Å²) in [6, 6.07) is 17.0. The SMILES string of the molecule is Cc1ccc(S(=O)(=O)Nc2cc(C(=O)NCc3ccccn3)ccc2C)cc1. The maximum atomic E-state index is 12.6. The van der Waals surface area contributed by atoms with Gasteiger partial charge >= 0.3 is 0 Å². The first-order valence-corrected chi connectivity index (χ1v) is 10.2. The summed E-state index contributed by atoms with van der Waals surface area (Å²) in [5.41, 5.74) is 3.16. The molecule has 0 bridgehead atoms. The molecule has 0 unspecified atom stereocenters. The molecule has 2 aromatic carbocycles. The highest BCUT2D eigenvalue weighted by Gasteiger charge is 2.16. The molecule has 0 atom stereocenters. The fourth-order valence-corrected chi connectivity index (χ4v) is 3.69. The maximum absolute atomic E-state index is 12.6. The van der Waals surface area contributed by atoms with Gasteiger partial charge in [0.15, 0.2) is 0 Å². The summed E-state index contributed by atoms with van der Waals surface area (Å²) in [5, 5.41) is 2.78. The second-order valence-electron chi connectivity index (χ2n) is 6.45. The Bertz CT molecular complexity index is 1080. The van der Waals surface area contributed by atoms with Gasteiger partial charge in [0.25, 0.3) is 15.9 Å². The van der Waals surface area contributed by atoms with E-state index in [-0.39, 0.29) is 17.3 Å². The highest BCUT2D eigenvalue weighted by molar-refractivity contribution is 7.92. The second-order valence-corrected chi connectivity index (χ2v) is 8.13. The lowest BCUT2D eigenvalue weighted by atomic mass is 10.1. The van der Waals surface area contributed by atoms with Crippen molar-refractivity contribution in [3.05, 3.63) is 89.2 Å². The molecule has 6 nitrogen and oxygen atoms in total. The van der Waals surface area contributed by atoms with Gasteiger partial charge in [-0.15, -0.1) is 0 Å². The van der Waals surface area contributed by atoms with E-state index in [0.717, 1.165) is 16.8 Å². The van der Waals surface area contributed by atoms with Crippen molar-refractivity contribution in [3.8, 4) is 0 Å². The monoisotopic (exact) mass is 395 g/mol. The Balaban J connectivity index is 1.77. The summed E-state index contributed by atoms with van der Waals surface area (Å²) >= 11 is 0. The normalized spacial score (nSPS) is 11.1. The zero-order valence-corrected chi connectivity index (χ0v) is 16.5. The second kappa shape index (κ2) is 8.22. The molecule has 0 aliphatic carbocycles. The van der Waals surface area contributed by atoms with Crippen molar-refractivity contribution in [2.24, 2.45) is 0 Å². The van der Waals surface area contributed by atoms with Crippen LogP contribution >= 0.6 is 0 Å². The van der Waals surface area contributed by atoms with Crippen LogP contribution in [0.5, 0.6) is 0 Å². The molecular formula is C21H21N3O3S. The third-order valence-electron chi connectivity index (χ3n) is 4.23. The molecular weight excluding hydrogens is 374 g/mol. The molecule has 0 saturated carbocycles. The van der Waals surface area contributed by atoms with Crippen LogP contribution in [0, 0.1) is 13.8 Å². The van der Waals surface area contributed by atoms with E-state index < -0.39 is 10.0 Å². The molecule has 3 aromatic rings. The lowest BCUT2D eigenvalue weighted by Crippen LogP contribution is -2.23. The third kappa shape index (κ3) is 4.75. The third-order valence-corrected chi connectivity index (χ3v) is 5.61. The number of nitrogens with one attached hydrogen (secondary N) is 2. The van der Waals surface area contributed by atoms with Crippen molar-refractivity contribution in [2.45, 2.75) is 25.3 Å². The summed E-state index contributed by atoms with van der Waals surface area (Å²) in [7, 11) is -3.74. The molecule has 1 aromatic heterocycles. The largest absolute Gasteiger partial charge is 0.346 e. The van der Waals surface area contributed by atoms with Gasteiger partial charge in [0.1, 0.15) is 0 Å². The number of hydrogen-bond acceptors (Lipinski definition) is 4. The first-order valence-electron chi connectivity index (χ1n) is 8.73. The number of carbonyl (C=O) groups is 1. The summed E-state index contributed by atoms with van der Waals surface area (Å²) in [5.74, 6) is -0.304. The number of aromatic nitrogens is 1. The Morgan fingerprint density at radius 1 is 1.00 bits per heavy atom. The van der Waals surface area contributed by atoms with Crippen molar-refractivity contribution in [1.82, 2.24) is 10.3 Å². The van der Waals surface area contributed by atoms with Crippen molar-refractivity contribution >= 4 is 21.6 Å².